The fraction of sp³-hybridized carbons (Fsp3) is 0.440. The zero-order valence-electron chi connectivity index (χ0n) is 20.7. The Hall–Kier alpha value is -2.13. The van der Waals surface area contributed by atoms with Gasteiger partial charge in [-0.25, -0.2) is 12.7 Å². The molecule has 0 heterocycles. The largest absolute Gasteiger partial charge is 0.350 e. The van der Waals surface area contributed by atoms with Gasteiger partial charge < -0.3 is 10.2 Å². The van der Waals surface area contributed by atoms with Crippen molar-refractivity contribution in [1.82, 2.24) is 14.5 Å². The summed E-state index contributed by atoms with van der Waals surface area (Å²) in [5.74, 6) is -0.571. The van der Waals surface area contributed by atoms with Crippen molar-refractivity contribution < 1.29 is 18.0 Å². The summed E-state index contributed by atoms with van der Waals surface area (Å²) < 4.78 is 26.7. The molecule has 2 aromatic rings. The first-order valence-corrected chi connectivity index (χ1v) is 13.5. The lowest BCUT2D eigenvalue weighted by Gasteiger charge is -2.32. The number of halogens is 2. The van der Waals surface area contributed by atoms with E-state index in [-0.39, 0.29) is 36.2 Å². The molecule has 0 aliphatic heterocycles. The molecule has 0 saturated heterocycles. The second-order valence-electron chi connectivity index (χ2n) is 9.42. The predicted octanol–water partition coefficient (Wildman–Crippen LogP) is 4.73. The summed E-state index contributed by atoms with van der Waals surface area (Å²) in [5.41, 5.74) is 0.190. The van der Waals surface area contributed by atoms with Crippen molar-refractivity contribution in [1.29, 1.82) is 0 Å². The van der Waals surface area contributed by atoms with E-state index in [1.807, 2.05) is 20.8 Å². The number of carbonyl (C=O) groups is 2. The molecule has 0 fully saturated rings. The molecule has 1 N–H and O–H groups in total. The Morgan fingerprint density at radius 3 is 2.26 bits per heavy atom. The smallest absolute Gasteiger partial charge is 0.242 e. The van der Waals surface area contributed by atoms with Gasteiger partial charge in [-0.3, -0.25) is 9.59 Å². The van der Waals surface area contributed by atoms with E-state index >= 15 is 0 Å². The van der Waals surface area contributed by atoms with Crippen LogP contribution in [-0.2, 0) is 26.2 Å². The van der Waals surface area contributed by atoms with Crippen molar-refractivity contribution in [2.75, 3.05) is 13.6 Å². The maximum absolute atomic E-state index is 13.2. The van der Waals surface area contributed by atoms with Gasteiger partial charge in [-0.15, -0.1) is 0 Å². The van der Waals surface area contributed by atoms with Gasteiger partial charge in [0.05, 0.1) is 4.90 Å². The van der Waals surface area contributed by atoms with Crippen LogP contribution >= 0.6 is 23.2 Å². The summed E-state index contributed by atoms with van der Waals surface area (Å²) in [6, 6.07) is 12.4. The van der Waals surface area contributed by atoms with Crippen molar-refractivity contribution in [2.24, 2.45) is 0 Å². The minimum absolute atomic E-state index is 0.0625. The number of amides is 2. The van der Waals surface area contributed by atoms with Crippen molar-refractivity contribution in [2.45, 2.75) is 63.6 Å². The highest BCUT2D eigenvalue weighted by Gasteiger charge is 2.29. The average molecular weight is 543 g/mol. The minimum atomic E-state index is -3.65. The van der Waals surface area contributed by atoms with E-state index in [0.29, 0.717) is 22.0 Å². The summed E-state index contributed by atoms with van der Waals surface area (Å²) in [4.78, 5) is 27.8. The molecule has 0 bridgehead atoms. The van der Waals surface area contributed by atoms with Crippen LogP contribution < -0.4 is 5.32 Å². The van der Waals surface area contributed by atoms with Crippen LogP contribution in [0.25, 0.3) is 0 Å². The molecule has 0 aromatic heterocycles. The molecule has 10 heteroatoms. The first-order valence-electron chi connectivity index (χ1n) is 11.3. The van der Waals surface area contributed by atoms with E-state index in [1.54, 1.807) is 43.3 Å². The second kappa shape index (κ2) is 12.2. The number of sulfonamides is 1. The Bertz CT molecular complexity index is 1140. The molecule has 0 radical (unpaired) electrons. The Balaban J connectivity index is 2.14. The third-order valence-electron chi connectivity index (χ3n) is 5.34. The van der Waals surface area contributed by atoms with Gasteiger partial charge in [0.2, 0.25) is 21.8 Å². The van der Waals surface area contributed by atoms with Crippen LogP contribution in [0.1, 0.15) is 46.1 Å². The van der Waals surface area contributed by atoms with Crippen LogP contribution in [0.15, 0.2) is 53.4 Å². The molecule has 192 valence electrons. The lowest BCUT2D eigenvalue weighted by Crippen LogP contribution is -2.52. The summed E-state index contributed by atoms with van der Waals surface area (Å²) in [6.07, 6.45) is 0.354. The number of rotatable bonds is 10. The maximum Gasteiger partial charge on any atom is 0.242 e. The van der Waals surface area contributed by atoms with Crippen molar-refractivity contribution >= 4 is 45.0 Å². The van der Waals surface area contributed by atoms with Gasteiger partial charge in [-0.2, -0.15) is 0 Å². The molecule has 7 nitrogen and oxygen atoms in total. The highest BCUT2D eigenvalue weighted by atomic mass is 35.5. The summed E-state index contributed by atoms with van der Waals surface area (Å²) >= 11 is 12.3. The molecule has 2 amide bonds. The van der Waals surface area contributed by atoms with Crippen LogP contribution in [0.2, 0.25) is 10.0 Å². The molecule has 0 aliphatic rings. The summed E-state index contributed by atoms with van der Waals surface area (Å²) in [5, 5.41) is 3.77. The summed E-state index contributed by atoms with van der Waals surface area (Å²) in [7, 11) is -2.17. The third kappa shape index (κ3) is 8.49. The van der Waals surface area contributed by atoms with Gasteiger partial charge in [0, 0.05) is 42.1 Å². The Kier molecular flexibility index (Phi) is 10.2. The van der Waals surface area contributed by atoms with E-state index in [1.165, 1.54) is 28.4 Å². The fourth-order valence-electron chi connectivity index (χ4n) is 3.38. The fourth-order valence-corrected chi connectivity index (χ4v) is 5.08. The van der Waals surface area contributed by atoms with Gasteiger partial charge in [0.15, 0.2) is 0 Å². The van der Waals surface area contributed by atoms with Crippen molar-refractivity contribution in [3.05, 3.63) is 64.1 Å². The normalized spacial score (nSPS) is 12.9. The number of nitrogens with one attached hydrogen (secondary N) is 1. The van der Waals surface area contributed by atoms with Crippen LogP contribution in [0, 0.1) is 0 Å². The zero-order chi connectivity index (χ0) is 26.4. The Labute approximate surface area is 218 Å². The molecule has 1 atom stereocenters. The van der Waals surface area contributed by atoms with Gasteiger partial charge in [-0.05, 0) is 63.9 Å². The number of benzene rings is 2. The van der Waals surface area contributed by atoms with E-state index in [9.17, 15) is 18.0 Å². The Morgan fingerprint density at radius 2 is 1.69 bits per heavy atom. The zero-order valence-corrected chi connectivity index (χ0v) is 23.0. The monoisotopic (exact) mass is 541 g/mol. The molecule has 0 spiro atoms. The summed E-state index contributed by atoms with van der Waals surface area (Å²) in [6.45, 7) is 7.52. The van der Waals surface area contributed by atoms with E-state index in [4.69, 9.17) is 23.2 Å². The minimum Gasteiger partial charge on any atom is -0.350 e. The number of carbonyl (C=O) groups excluding carboxylic acids is 2. The molecule has 0 aliphatic carbocycles. The highest BCUT2D eigenvalue weighted by Crippen LogP contribution is 2.24. The van der Waals surface area contributed by atoms with Crippen LogP contribution in [-0.4, -0.2) is 54.6 Å². The molecule has 2 aromatic carbocycles. The number of hydrogen-bond donors (Lipinski definition) is 1. The van der Waals surface area contributed by atoms with E-state index < -0.39 is 21.6 Å². The molecular weight excluding hydrogens is 509 g/mol. The predicted molar refractivity (Wildman–Crippen MR) is 140 cm³/mol. The van der Waals surface area contributed by atoms with Crippen LogP contribution in [0.3, 0.4) is 0 Å². The molecule has 0 saturated carbocycles. The Morgan fingerprint density at radius 1 is 1.06 bits per heavy atom. The lowest BCUT2D eigenvalue weighted by atomic mass is 10.1. The first-order chi connectivity index (χ1) is 16.2. The number of nitrogens with zero attached hydrogens (tertiary/aromatic N) is 2. The van der Waals surface area contributed by atoms with Crippen molar-refractivity contribution in [3.63, 3.8) is 0 Å². The van der Waals surface area contributed by atoms with E-state index in [2.05, 4.69) is 5.32 Å². The van der Waals surface area contributed by atoms with Crippen molar-refractivity contribution in [3.8, 4) is 0 Å². The quantitative estimate of drug-likeness (QED) is 0.471. The van der Waals surface area contributed by atoms with Gasteiger partial charge in [0.25, 0.3) is 0 Å². The van der Waals surface area contributed by atoms with Gasteiger partial charge >= 0.3 is 0 Å². The third-order valence-corrected chi connectivity index (χ3v) is 7.79. The number of hydrogen-bond acceptors (Lipinski definition) is 4. The SMILES string of the molecule is C[C@H](C(=O)NC(C)(C)C)N(Cc1ccc(Cl)cc1Cl)C(=O)CCCN(C)S(=O)(=O)c1ccccc1. The molecule has 0 unspecified atom stereocenters. The lowest BCUT2D eigenvalue weighted by molar-refractivity contribution is -0.141. The topological polar surface area (TPSA) is 86.8 Å². The standard InChI is InChI=1S/C25H33Cl2N3O4S/c1-18(24(32)28-25(2,3)4)30(17-19-13-14-20(26)16-22(19)27)23(31)12-9-15-29(5)35(33,34)21-10-7-6-8-11-21/h6-8,10-11,13-14,16,18H,9,12,15,17H2,1-5H3,(H,28,32)/t18-/m1/s1. The average Bonchev–Trinajstić information content (AvgIpc) is 2.77. The second-order valence-corrected chi connectivity index (χ2v) is 12.3. The maximum atomic E-state index is 13.2. The van der Waals surface area contributed by atoms with Crippen LogP contribution in [0.4, 0.5) is 0 Å². The van der Waals surface area contributed by atoms with Gasteiger partial charge in [-0.1, -0.05) is 47.5 Å². The molecular formula is C25H33Cl2N3O4S. The molecule has 2 rings (SSSR count). The van der Waals surface area contributed by atoms with Gasteiger partial charge in [0.1, 0.15) is 6.04 Å². The van der Waals surface area contributed by atoms with E-state index in [0.717, 1.165) is 0 Å². The first kappa shape index (κ1) is 29.1. The molecule has 35 heavy (non-hydrogen) atoms. The highest BCUT2D eigenvalue weighted by molar-refractivity contribution is 7.89. The van der Waals surface area contributed by atoms with Crippen LogP contribution in [0.5, 0.6) is 0 Å².